The highest BCUT2D eigenvalue weighted by molar-refractivity contribution is 5.95. The Kier molecular flexibility index (Phi) is 6.59. The van der Waals surface area contributed by atoms with Crippen molar-refractivity contribution in [2.24, 2.45) is 0 Å². The van der Waals surface area contributed by atoms with E-state index >= 15 is 0 Å². The molecule has 1 heterocycles. The lowest BCUT2D eigenvalue weighted by Crippen LogP contribution is -2.47. The molecular weight excluding hydrogens is 290 g/mol. The highest BCUT2D eigenvalue weighted by Gasteiger charge is 2.22. The van der Waals surface area contributed by atoms with Gasteiger partial charge in [-0.25, -0.2) is 0 Å². The van der Waals surface area contributed by atoms with E-state index in [9.17, 15) is 9.59 Å². The molecule has 1 aromatic rings. The minimum atomic E-state index is 0.00207. The summed E-state index contributed by atoms with van der Waals surface area (Å²) < 4.78 is 0. The molecule has 23 heavy (non-hydrogen) atoms. The summed E-state index contributed by atoms with van der Waals surface area (Å²) in [7, 11) is 0. The van der Waals surface area contributed by atoms with Gasteiger partial charge in [-0.2, -0.15) is 0 Å². The molecule has 0 radical (unpaired) electrons. The van der Waals surface area contributed by atoms with Crippen LogP contribution in [0.15, 0.2) is 24.3 Å². The van der Waals surface area contributed by atoms with Crippen LogP contribution in [0.4, 0.5) is 0 Å². The minimum Gasteiger partial charge on any atom is -0.355 e. The molecule has 2 N–H and O–H groups in total. The zero-order chi connectivity index (χ0) is 16.7. The third-order valence-electron chi connectivity index (χ3n) is 4.25. The summed E-state index contributed by atoms with van der Waals surface area (Å²) >= 11 is 0. The van der Waals surface area contributed by atoms with Gasteiger partial charge in [-0.05, 0) is 37.8 Å². The van der Waals surface area contributed by atoms with Crippen molar-refractivity contribution in [2.45, 2.75) is 39.2 Å². The molecule has 0 spiro atoms. The molecule has 1 aliphatic rings. The second-order valence-electron chi connectivity index (χ2n) is 6.19. The van der Waals surface area contributed by atoms with E-state index in [-0.39, 0.29) is 17.9 Å². The first-order valence-electron chi connectivity index (χ1n) is 8.45. The van der Waals surface area contributed by atoms with Gasteiger partial charge in [0.25, 0.3) is 5.91 Å². The van der Waals surface area contributed by atoms with Gasteiger partial charge >= 0.3 is 0 Å². The summed E-state index contributed by atoms with van der Waals surface area (Å²) in [5, 5.41) is 6.02. The van der Waals surface area contributed by atoms with Crippen LogP contribution in [0.25, 0.3) is 0 Å². The fraction of sp³-hybridized carbons (Fsp3) is 0.556. The maximum Gasteiger partial charge on any atom is 0.251 e. The summed E-state index contributed by atoms with van der Waals surface area (Å²) in [4.78, 5) is 26.2. The number of carbonyl (C=O) groups is 2. The van der Waals surface area contributed by atoms with Crippen LogP contribution in [0.5, 0.6) is 0 Å². The lowest BCUT2D eigenvalue weighted by Gasteiger charge is -2.32. The standard InChI is InChI=1S/C18H27N3O2/c1-3-10-19-17(22)13-21-11-8-15(9-12-21)20-18(23)16-7-5-4-6-14(16)2/h4-7,15H,3,8-13H2,1-2H3,(H,19,22)(H,20,23). The molecule has 0 unspecified atom stereocenters. The number of likely N-dealkylation sites (tertiary alicyclic amines) is 1. The summed E-state index contributed by atoms with van der Waals surface area (Å²) in [5.41, 5.74) is 1.74. The van der Waals surface area contributed by atoms with Gasteiger partial charge < -0.3 is 10.6 Å². The van der Waals surface area contributed by atoms with Gasteiger partial charge in [0.15, 0.2) is 0 Å². The normalized spacial score (nSPS) is 16.1. The highest BCUT2D eigenvalue weighted by atomic mass is 16.2. The molecule has 0 aromatic heterocycles. The first-order chi connectivity index (χ1) is 11.1. The van der Waals surface area contributed by atoms with Crippen molar-refractivity contribution in [3.8, 4) is 0 Å². The van der Waals surface area contributed by atoms with Crippen LogP contribution >= 0.6 is 0 Å². The molecule has 5 nitrogen and oxygen atoms in total. The lowest BCUT2D eigenvalue weighted by molar-refractivity contribution is -0.122. The fourth-order valence-corrected chi connectivity index (χ4v) is 2.85. The quantitative estimate of drug-likeness (QED) is 0.840. The Morgan fingerprint density at radius 3 is 2.57 bits per heavy atom. The number of nitrogens with one attached hydrogen (secondary N) is 2. The van der Waals surface area contributed by atoms with E-state index in [1.165, 1.54) is 0 Å². The van der Waals surface area contributed by atoms with Crippen LogP contribution in [-0.2, 0) is 4.79 Å². The molecule has 0 bridgehead atoms. The molecule has 2 rings (SSSR count). The SMILES string of the molecule is CCCNC(=O)CN1CCC(NC(=O)c2ccccc2C)CC1. The monoisotopic (exact) mass is 317 g/mol. The Morgan fingerprint density at radius 1 is 1.22 bits per heavy atom. The maximum atomic E-state index is 12.3. The van der Waals surface area contributed by atoms with Crippen LogP contribution in [0.3, 0.4) is 0 Å². The molecule has 126 valence electrons. The summed E-state index contributed by atoms with van der Waals surface area (Å²) in [6, 6.07) is 7.83. The summed E-state index contributed by atoms with van der Waals surface area (Å²) in [6.45, 7) is 6.88. The van der Waals surface area contributed by atoms with E-state index in [0.717, 1.165) is 50.0 Å². The van der Waals surface area contributed by atoms with Gasteiger partial charge in [-0.3, -0.25) is 14.5 Å². The van der Waals surface area contributed by atoms with Gasteiger partial charge in [0.05, 0.1) is 6.54 Å². The first kappa shape index (κ1) is 17.5. The van der Waals surface area contributed by atoms with Gasteiger partial charge in [0.1, 0.15) is 0 Å². The van der Waals surface area contributed by atoms with E-state index in [4.69, 9.17) is 0 Å². The van der Waals surface area contributed by atoms with Crippen LogP contribution in [0.2, 0.25) is 0 Å². The summed E-state index contributed by atoms with van der Waals surface area (Å²) in [6.07, 6.45) is 2.73. The van der Waals surface area contributed by atoms with E-state index < -0.39 is 0 Å². The van der Waals surface area contributed by atoms with Crippen molar-refractivity contribution >= 4 is 11.8 Å². The Morgan fingerprint density at radius 2 is 1.91 bits per heavy atom. The highest BCUT2D eigenvalue weighted by Crippen LogP contribution is 2.12. The smallest absolute Gasteiger partial charge is 0.251 e. The zero-order valence-corrected chi connectivity index (χ0v) is 14.1. The Labute approximate surface area is 138 Å². The Bertz CT molecular complexity index is 537. The van der Waals surface area contributed by atoms with E-state index in [1.807, 2.05) is 38.1 Å². The Balaban J connectivity index is 1.75. The van der Waals surface area contributed by atoms with Crippen molar-refractivity contribution in [3.05, 3.63) is 35.4 Å². The molecule has 0 saturated carbocycles. The van der Waals surface area contributed by atoms with Crippen molar-refractivity contribution in [1.29, 1.82) is 0 Å². The van der Waals surface area contributed by atoms with E-state index in [0.29, 0.717) is 6.54 Å². The second-order valence-corrected chi connectivity index (χ2v) is 6.19. The molecule has 1 aromatic carbocycles. The van der Waals surface area contributed by atoms with Crippen molar-refractivity contribution in [1.82, 2.24) is 15.5 Å². The van der Waals surface area contributed by atoms with E-state index in [1.54, 1.807) is 0 Å². The fourth-order valence-electron chi connectivity index (χ4n) is 2.85. The largest absolute Gasteiger partial charge is 0.355 e. The predicted molar refractivity (Wildman–Crippen MR) is 91.4 cm³/mol. The number of benzene rings is 1. The molecule has 0 atom stereocenters. The molecule has 2 amide bonds. The van der Waals surface area contributed by atoms with Gasteiger partial charge in [-0.15, -0.1) is 0 Å². The molecular formula is C18H27N3O2. The number of rotatable bonds is 6. The van der Waals surface area contributed by atoms with Crippen molar-refractivity contribution < 1.29 is 9.59 Å². The van der Waals surface area contributed by atoms with Crippen molar-refractivity contribution in [3.63, 3.8) is 0 Å². The number of aryl methyl sites for hydroxylation is 1. The van der Waals surface area contributed by atoms with Crippen LogP contribution in [0.1, 0.15) is 42.1 Å². The molecule has 1 fully saturated rings. The Hall–Kier alpha value is -1.88. The number of hydrogen-bond donors (Lipinski definition) is 2. The predicted octanol–water partition coefficient (Wildman–Crippen LogP) is 1.72. The van der Waals surface area contributed by atoms with Crippen molar-refractivity contribution in [2.75, 3.05) is 26.2 Å². The molecule has 5 heteroatoms. The third-order valence-corrected chi connectivity index (χ3v) is 4.25. The molecule has 0 aliphatic carbocycles. The number of amides is 2. The number of hydrogen-bond acceptors (Lipinski definition) is 3. The summed E-state index contributed by atoms with van der Waals surface area (Å²) in [5.74, 6) is 0.0940. The lowest BCUT2D eigenvalue weighted by atomic mass is 10.0. The number of carbonyl (C=O) groups excluding carboxylic acids is 2. The van der Waals surface area contributed by atoms with Gasteiger partial charge in [0, 0.05) is 31.2 Å². The average molecular weight is 317 g/mol. The van der Waals surface area contributed by atoms with E-state index in [2.05, 4.69) is 15.5 Å². The van der Waals surface area contributed by atoms with Gasteiger partial charge in [0.2, 0.25) is 5.91 Å². The topological polar surface area (TPSA) is 61.4 Å². The second kappa shape index (κ2) is 8.67. The first-order valence-corrected chi connectivity index (χ1v) is 8.45. The van der Waals surface area contributed by atoms with Gasteiger partial charge in [-0.1, -0.05) is 25.1 Å². The van der Waals surface area contributed by atoms with Crippen LogP contribution in [-0.4, -0.2) is 48.9 Å². The minimum absolute atomic E-state index is 0.00207. The molecule has 1 aliphatic heterocycles. The van der Waals surface area contributed by atoms with Crippen LogP contribution < -0.4 is 10.6 Å². The molecule has 1 saturated heterocycles. The van der Waals surface area contributed by atoms with Crippen LogP contribution in [0, 0.1) is 6.92 Å². The zero-order valence-electron chi connectivity index (χ0n) is 14.1. The third kappa shape index (κ3) is 5.36. The number of nitrogens with zero attached hydrogens (tertiary/aromatic N) is 1. The number of piperidine rings is 1. The average Bonchev–Trinajstić information content (AvgIpc) is 2.55. The maximum absolute atomic E-state index is 12.3.